The van der Waals surface area contributed by atoms with Gasteiger partial charge in [-0.15, -0.1) is 0 Å². The van der Waals surface area contributed by atoms with Crippen LogP contribution in [0.4, 0.5) is 0 Å². The highest BCUT2D eigenvalue weighted by molar-refractivity contribution is 6.31. The minimum Gasteiger partial charge on any atom is -0.330 e. The van der Waals surface area contributed by atoms with Gasteiger partial charge >= 0.3 is 0 Å². The zero-order valence-corrected chi connectivity index (χ0v) is 11.9. The second kappa shape index (κ2) is 6.05. The number of nitrogens with two attached hydrogens (primary N) is 1. The van der Waals surface area contributed by atoms with E-state index in [0.29, 0.717) is 6.54 Å². The Hall–Kier alpha value is -0.570. The van der Waals surface area contributed by atoms with E-state index < -0.39 is 0 Å². The minimum atomic E-state index is 0.120. The van der Waals surface area contributed by atoms with Gasteiger partial charge < -0.3 is 10.6 Å². The molecule has 1 atom stereocenters. The average Bonchev–Trinajstić information content (AvgIpc) is 2.85. The molecule has 0 amide bonds. The predicted molar refractivity (Wildman–Crippen MR) is 78.0 cm³/mol. The van der Waals surface area contributed by atoms with Crippen LogP contribution in [-0.4, -0.2) is 31.1 Å². The van der Waals surface area contributed by atoms with Crippen LogP contribution in [0.1, 0.15) is 25.3 Å². The first-order valence-corrected chi connectivity index (χ1v) is 7.17. The normalized spacial score (nSPS) is 19.9. The van der Waals surface area contributed by atoms with E-state index in [1.807, 2.05) is 18.2 Å². The molecule has 2 N–H and O–H groups in total. The highest BCUT2D eigenvalue weighted by Gasteiger charge is 2.28. The molecular weight excluding hydrogens is 244 g/mol. The summed E-state index contributed by atoms with van der Waals surface area (Å²) in [6.07, 6.45) is 3.61. The molecule has 0 spiro atoms. The van der Waals surface area contributed by atoms with Gasteiger partial charge in [0.1, 0.15) is 0 Å². The number of hydrogen-bond donors (Lipinski definition) is 1. The van der Waals surface area contributed by atoms with Gasteiger partial charge in [0.2, 0.25) is 0 Å². The summed E-state index contributed by atoms with van der Waals surface area (Å²) >= 11 is 6.25. The first-order valence-electron chi connectivity index (χ1n) is 6.79. The van der Waals surface area contributed by atoms with Gasteiger partial charge in [-0.1, -0.05) is 36.7 Å². The third-order valence-electron chi connectivity index (χ3n) is 3.87. The number of rotatable bonds is 5. The maximum absolute atomic E-state index is 6.25. The SMILES string of the molecule is CC(CN)(Cc1ccccc1Cl)CN1CCCC1. The molecule has 1 saturated heterocycles. The highest BCUT2D eigenvalue weighted by Crippen LogP contribution is 2.28. The Morgan fingerprint density at radius 1 is 1.28 bits per heavy atom. The molecule has 1 aromatic carbocycles. The largest absolute Gasteiger partial charge is 0.330 e. The Balaban J connectivity index is 2.05. The van der Waals surface area contributed by atoms with E-state index in [4.69, 9.17) is 17.3 Å². The minimum absolute atomic E-state index is 0.120. The number of benzene rings is 1. The van der Waals surface area contributed by atoms with Crippen LogP contribution in [0.15, 0.2) is 24.3 Å². The van der Waals surface area contributed by atoms with Gasteiger partial charge in [-0.25, -0.2) is 0 Å². The fourth-order valence-corrected chi connectivity index (χ4v) is 2.98. The van der Waals surface area contributed by atoms with Crippen LogP contribution >= 0.6 is 11.6 Å². The molecule has 100 valence electrons. The number of likely N-dealkylation sites (tertiary alicyclic amines) is 1. The number of nitrogens with zero attached hydrogens (tertiary/aromatic N) is 1. The third kappa shape index (κ3) is 3.47. The molecule has 2 nitrogen and oxygen atoms in total. The lowest BCUT2D eigenvalue weighted by Crippen LogP contribution is -2.41. The van der Waals surface area contributed by atoms with Crippen molar-refractivity contribution in [2.45, 2.75) is 26.2 Å². The van der Waals surface area contributed by atoms with Crippen molar-refractivity contribution in [3.05, 3.63) is 34.9 Å². The maximum Gasteiger partial charge on any atom is 0.0438 e. The van der Waals surface area contributed by atoms with E-state index in [0.717, 1.165) is 18.0 Å². The molecule has 1 fully saturated rings. The van der Waals surface area contributed by atoms with Gasteiger partial charge in [-0.05, 0) is 55.9 Å². The molecule has 0 saturated carbocycles. The summed E-state index contributed by atoms with van der Waals surface area (Å²) < 4.78 is 0. The zero-order valence-electron chi connectivity index (χ0n) is 11.2. The second-order valence-electron chi connectivity index (χ2n) is 5.77. The highest BCUT2D eigenvalue weighted by atomic mass is 35.5. The van der Waals surface area contributed by atoms with Crippen LogP contribution in [-0.2, 0) is 6.42 Å². The number of halogens is 1. The Kier molecular flexibility index (Phi) is 4.66. The summed E-state index contributed by atoms with van der Waals surface area (Å²) in [4.78, 5) is 2.53. The molecule has 1 aliphatic heterocycles. The van der Waals surface area contributed by atoms with Crippen molar-refractivity contribution in [1.82, 2.24) is 4.90 Å². The van der Waals surface area contributed by atoms with Crippen LogP contribution in [0.2, 0.25) is 5.02 Å². The Labute approximate surface area is 115 Å². The quantitative estimate of drug-likeness (QED) is 0.888. The Morgan fingerprint density at radius 2 is 1.94 bits per heavy atom. The van der Waals surface area contributed by atoms with Gasteiger partial charge in [0.25, 0.3) is 0 Å². The van der Waals surface area contributed by atoms with Gasteiger partial charge in [-0.3, -0.25) is 0 Å². The summed E-state index contributed by atoms with van der Waals surface area (Å²) in [5.41, 5.74) is 7.35. The van der Waals surface area contributed by atoms with Crippen molar-refractivity contribution < 1.29 is 0 Å². The molecule has 0 radical (unpaired) electrons. The van der Waals surface area contributed by atoms with Crippen molar-refractivity contribution in [3.8, 4) is 0 Å². The van der Waals surface area contributed by atoms with E-state index in [1.54, 1.807) is 0 Å². The van der Waals surface area contributed by atoms with E-state index in [9.17, 15) is 0 Å². The van der Waals surface area contributed by atoms with E-state index in [-0.39, 0.29) is 5.41 Å². The lowest BCUT2D eigenvalue weighted by Gasteiger charge is -2.33. The average molecular weight is 267 g/mol. The summed E-state index contributed by atoms with van der Waals surface area (Å²) in [5, 5.41) is 0.860. The molecule has 3 heteroatoms. The fourth-order valence-electron chi connectivity index (χ4n) is 2.77. The predicted octanol–water partition coefficient (Wildman–Crippen LogP) is 2.94. The Bertz CT molecular complexity index is 388. The van der Waals surface area contributed by atoms with Crippen LogP contribution < -0.4 is 5.73 Å². The standard InChI is InChI=1S/C15H23ClN2/c1-15(11-17,12-18-8-4-5-9-18)10-13-6-2-3-7-14(13)16/h2-3,6-7H,4-5,8-12,17H2,1H3. The van der Waals surface area contributed by atoms with Crippen molar-refractivity contribution in [1.29, 1.82) is 0 Å². The monoisotopic (exact) mass is 266 g/mol. The molecule has 1 heterocycles. The van der Waals surface area contributed by atoms with Gasteiger partial charge in [0, 0.05) is 11.6 Å². The fraction of sp³-hybridized carbons (Fsp3) is 0.600. The van der Waals surface area contributed by atoms with Crippen molar-refractivity contribution in [2.24, 2.45) is 11.1 Å². The molecule has 1 aromatic rings. The third-order valence-corrected chi connectivity index (χ3v) is 4.24. The molecule has 2 rings (SSSR count). The molecule has 18 heavy (non-hydrogen) atoms. The van der Waals surface area contributed by atoms with E-state index in [1.165, 1.54) is 31.5 Å². The molecule has 0 aromatic heterocycles. The van der Waals surface area contributed by atoms with E-state index in [2.05, 4.69) is 17.9 Å². The first-order chi connectivity index (χ1) is 8.63. The van der Waals surface area contributed by atoms with Crippen LogP contribution in [0, 0.1) is 5.41 Å². The molecule has 1 aliphatic rings. The van der Waals surface area contributed by atoms with Gasteiger partial charge in [-0.2, -0.15) is 0 Å². The lowest BCUT2D eigenvalue weighted by molar-refractivity contribution is 0.196. The topological polar surface area (TPSA) is 29.3 Å². The summed E-state index contributed by atoms with van der Waals surface area (Å²) in [7, 11) is 0. The van der Waals surface area contributed by atoms with Crippen LogP contribution in [0.25, 0.3) is 0 Å². The first kappa shape index (κ1) is 13.9. The second-order valence-corrected chi connectivity index (χ2v) is 6.17. The Morgan fingerprint density at radius 3 is 2.56 bits per heavy atom. The molecule has 0 bridgehead atoms. The van der Waals surface area contributed by atoms with Crippen LogP contribution in [0.5, 0.6) is 0 Å². The lowest BCUT2D eigenvalue weighted by atomic mass is 9.83. The number of hydrogen-bond acceptors (Lipinski definition) is 2. The summed E-state index contributed by atoms with van der Waals surface area (Å²) in [5.74, 6) is 0. The summed E-state index contributed by atoms with van der Waals surface area (Å²) in [6, 6.07) is 8.10. The van der Waals surface area contributed by atoms with E-state index >= 15 is 0 Å². The molecule has 0 aliphatic carbocycles. The summed E-state index contributed by atoms with van der Waals surface area (Å²) in [6.45, 7) is 6.49. The van der Waals surface area contributed by atoms with Gasteiger partial charge in [0.15, 0.2) is 0 Å². The van der Waals surface area contributed by atoms with Crippen molar-refractivity contribution in [2.75, 3.05) is 26.2 Å². The zero-order chi connectivity index (χ0) is 13.0. The molecule has 1 unspecified atom stereocenters. The van der Waals surface area contributed by atoms with Gasteiger partial charge in [0.05, 0.1) is 0 Å². The van der Waals surface area contributed by atoms with Crippen LogP contribution in [0.3, 0.4) is 0 Å². The molecular formula is C15H23ClN2. The smallest absolute Gasteiger partial charge is 0.0438 e. The maximum atomic E-state index is 6.25. The van der Waals surface area contributed by atoms with Crippen molar-refractivity contribution in [3.63, 3.8) is 0 Å². The van der Waals surface area contributed by atoms with Crippen molar-refractivity contribution >= 4 is 11.6 Å².